The molecule has 6 heteroatoms. The van der Waals surface area contributed by atoms with Gasteiger partial charge < -0.3 is 9.64 Å². The lowest BCUT2D eigenvalue weighted by molar-refractivity contribution is 0.0507. The van der Waals surface area contributed by atoms with E-state index < -0.39 is 0 Å². The molecule has 3 aromatic rings. The monoisotopic (exact) mass is 376 g/mol. The summed E-state index contributed by atoms with van der Waals surface area (Å²) in [5.74, 6) is 0.00642. The number of rotatable bonds is 6. The van der Waals surface area contributed by atoms with E-state index in [0.29, 0.717) is 18.7 Å². The second kappa shape index (κ2) is 8.35. The molecule has 0 radical (unpaired) electrons. The summed E-state index contributed by atoms with van der Waals surface area (Å²) in [6.45, 7) is 4.01. The van der Waals surface area contributed by atoms with Crippen LogP contribution in [0.3, 0.4) is 0 Å². The van der Waals surface area contributed by atoms with Crippen molar-refractivity contribution in [3.63, 3.8) is 0 Å². The number of ether oxygens (including phenoxy) is 1. The summed E-state index contributed by atoms with van der Waals surface area (Å²) < 4.78 is 7.59. The molecule has 2 heterocycles. The lowest BCUT2D eigenvalue weighted by Gasteiger charge is -2.26. The van der Waals surface area contributed by atoms with Gasteiger partial charge in [0.2, 0.25) is 0 Å². The fourth-order valence-corrected chi connectivity index (χ4v) is 3.60. The van der Waals surface area contributed by atoms with Crippen LogP contribution >= 0.6 is 0 Å². The Balaban J connectivity index is 1.59. The van der Waals surface area contributed by atoms with Crippen LogP contribution in [0.4, 0.5) is 0 Å². The number of amides is 1. The summed E-state index contributed by atoms with van der Waals surface area (Å²) in [5.41, 5.74) is 3.83. The van der Waals surface area contributed by atoms with Gasteiger partial charge in [0.1, 0.15) is 12.7 Å². The molecule has 1 aliphatic rings. The van der Waals surface area contributed by atoms with Gasteiger partial charge in [0, 0.05) is 30.9 Å². The zero-order valence-electron chi connectivity index (χ0n) is 16.0. The number of benzene rings is 2. The molecule has 1 atom stereocenters. The van der Waals surface area contributed by atoms with E-state index >= 15 is 0 Å². The first-order chi connectivity index (χ1) is 13.7. The smallest absolute Gasteiger partial charge is 0.254 e. The van der Waals surface area contributed by atoms with Crippen LogP contribution in [0, 0.1) is 6.92 Å². The molecule has 1 amide bonds. The molecule has 0 bridgehead atoms. The molecule has 4 rings (SSSR count). The highest BCUT2D eigenvalue weighted by molar-refractivity contribution is 5.94. The number of hydrogen-bond donors (Lipinski definition) is 0. The van der Waals surface area contributed by atoms with Gasteiger partial charge in [0.15, 0.2) is 0 Å². The molecule has 1 aromatic heterocycles. The third-order valence-corrected chi connectivity index (χ3v) is 5.00. The van der Waals surface area contributed by atoms with Crippen molar-refractivity contribution >= 4 is 5.91 Å². The Labute approximate surface area is 164 Å². The first-order valence-corrected chi connectivity index (χ1v) is 9.60. The largest absolute Gasteiger partial charge is 0.376 e. The minimum absolute atomic E-state index is 0.00642. The van der Waals surface area contributed by atoms with E-state index in [1.807, 2.05) is 35.2 Å². The quantitative estimate of drug-likeness (QED) is 0.662. The number of carbonyl (C=O) groups is 1. The third kappa shape index (κ3) is 4.28. The number of nitrogens with zero attached hydrogens (tertiary/aromatic N) is 4. The molecule has 1 fully saturated rings. The SMILES string of the molecule is Cc1cccc(CN(CC2CCCO2)C(=O)c2cccc(-n3cnnc3)c2)c1. The Kier molecular flexibility index (Phi) is 5.48. The summed E-state index contributed by atoms with van der Waals surface area (Å²) in [6.07, 6.45) is 5.41. The van der Waals surface area contributed by atoms with Crippen molar-refractivity contribution in [1.82, 2.24) is 19.7 Å². The molecular formula is C22H24N4O2. The highest BCUT2D eigenvalue weighted by Crippen LogP contribution is 2.19. The van der Waals surface area contributed by atoms with E-state index in [9.17, 15) is 4.79 Å². The van der Waals surface area contributed by atoms with Crippen molar-refractivity contribution in [2.75, 3.05) is 13.2 Å². The van der Waals surface area contributed by atoms with Crippen molar-refractivity contribution in [2.45, 2.75) is 32.4 Å². The average Bonchev–Trinajstić information content (AvgIpc) is 3.41. The number of aromatic nitrogens is 3. The van der Waals surface area contributed by atoms with Crippen molar-refractivity contribution < 1.29 is 9.53 Å². The minimum atomic E-state index is 0.00642. The average molecular weight is 376 g/mol. The van der Waals surface area contributed by atoms with Crippen LogP contribution in [0.15, 0.2) is 61.2 Å². The fraction of sp³-hybridized carbons (Fsp3) is 0.318. The van der Waals surface area contributed by atoms with Gasteiger partial charge in [-0.25, -0.2) is 0 Å². The highest BCUT2D eigenvalue weighted by Gasteiger charge is 2.24. The summed E-state index contributed by atoms with van der Waals surface area (Å²) in [6, 6.07) is 15.9. The number of carbonyl (C=O) groups excluding carboxylic acids is 1. The Bertz CT molecular complexity index is 933. The number of hydrogen-bond acceptors (Lipinski definition) is 4. The summed E-state index contributed by atoms with van der Waals surface area (Å²) in [4.78, 5) is 15.3. The Morgan fingerprint density at radius 3 is 2.75 bits per heavy atom. The predicted molar refractivity (Wildman–Crippen MR) is 106 cm³/mol. The maximum Gasteiger partial charge on any atom is 0.254 e. The first-order valence-electron chi connectivity index (χ1n) is 9.60. The van der Waals surface area contributed by atoms with Crippen LogP contribution < -0.4 is 0 Å². The van der Waals surface area contributed by atoms with Gasteiger partial charge >= 0.3 is 0 Å². The minimum Gasteiger partial charge on any atom is -0.376 e. The summed E-state index contributed by atoms with van der Waals surface area (Å²) in [7, 11) is 0. The van der Waals surface area contributed by atoms with Crippen LogP contribution in [-0.4, -0.2) is 44.8 Å². The maximum absolute atomic E-state index is 13.4. The molecule has 144 valence electrons. The van der Waals surface area contributed by atoms with Crippen LogP contribution in [-0.2, 0) is 11.3 Å². The highest BCUT2D eigenvalue weighted by atomic mass is 16.5. The summed E-state index contributed by atoms with van der Waals surface area (Å²) in [5, 5.41) is 7.68. The van der Waals surface area contributed by atoms with E-state index in [1.54, 1.807) is 17.2 Å². The lowest BCUT2D eigenvalue weighted by Crippen LogP contribution is -2.37. The molecule has 0 N–H and O–H groups in total. The van der Waals surface area contributed by atoms with Crippen molar-refractivity contribution in [1.29, 1.82) is 0 Å². The van der Waals surface area contributed by atoms with Crippen LogP contribution in [0.1, 0.15) is 34.3 Å². The van der Waals surface area contributed by atoms with Gasteiger partial charge in [-0.3, -0.25) is 9.36 Å². The first kappa shape index (κ1) is 18.4. The van der Waals surface area contributed by atoms with E-state index in [0.717, 1.165) is 30.7 Å². The maximum atomic E-state index is 13.4. The van der Waals surface area contributed by atoms with Crippen LogP contribution in [0.5, 0.6) is 0 Å². The van der Waals surface area contributed by atoms with Gasteiger partial charge in [0.25, 0.3) is 5.91 Å². The normalized spacial score (nSPS) is 16.2. The molecule has 1 aliphatic heterocycles. The molecular weight excluding hydrogens is 352 g/mol. The van der Waals surface area contributed by atoms with Gasteiger partial charge in [-0.2, -0.15) is 0 Å². The van der Waals surface area contributed by atoms with Crippen molar-refractivity contribution in [3.8, 4) is 5.69 Å². The van der Waals surface area contributed by atoms with Gasteiger partial charge in [-0.1, -0.05) is 35.9 Å². The van der Waals surface area contributed by atoms with E-state index in [2.05, 4.69) is 35.3 Å². The second-order valence-electron chi connectivity index (χ2n) is 7.23. The summed E-state index contributed by atoms with van der Waals surface area (Å²) >= 11 is 0. The molecule has 2 aromatic carbocycles. The topological polar surface area (TPSA) is 60.2 Å². The van der Waals surface area contributed by atoms with Gasteiger partial charge in [-0.15, -0.1) is 10.2 Å². The van der Waals surface area contributed by atoms with Gasteiger partial charge in [0.05, 0.1) is 6.10 Å². The Morgan fingerprint density at radius 1 is 1.18 bits per heavy atom. The van der Waals surface area contributed by atoms with E-state index in [1.165, 1.54) is 5.56 Å². The van der Waals surface area contributed by atoms with Gasteiger partial charge in [-0.05, 0) is 43.5 Å². The van der Waals surface area contributed by atoms with E-state index in [-0.39, 0.29) is 12.0 Å². The van der Waals surface area contributed by atoms with Crippen LogP contribution in [0.25, 0.3) is 5.69 Å². The molecule has 0 saturated carbocycles. The zero-order valence-corrected chi connectivity index (χ0v) is 16.0. The Morgan fingerprint density at radius 2 is 2.00 bits per heavy atom. The molecule has 0 aliphatic carbocycles. The Hall–Kier alpha value is -2.99. The molecule has 1 unspecified atom stereocenters. The van der Waals surface area contributed by atoms with Crippen molar-refractivity contribution in [3.05, 3.63) is 77.9 Å². The predicted octanol–water partition coefficient (Wildman–Crippen LogP) is 3.40. The standard InChI is InChI=1S/C22H24N4O2/c1-17-5-2-6-18(11-17)13-25(14-21-9-4-10-28-21)22(27)19-7-3-8-20(12-19)26-15-23-24-16-26/h2-3,5-8,11-12,15-16,21H,4,9-10,13-14H2,1H3. The zero-order chi connectivity index (χ0) is 19.3. The third-order valence-electron chi connectivity index (χ3n) is 5.00. The lowest BCUT2D eigenvalue weighted by atomic mass is 10.1. The molecule has 0 spiro atoms. The second-order valence-corrected chi connectivity index (χ2v) is 7.23. The van der Waals surface area contributed by atoms with E-state index in [4.69, 9.17) is 4.74 Å². The molecule has 6 nitrogen and oxygen atoms in total. The van der Waals surface area contributed by atoms with Crippen molar-refractivity contribution in [2.24, 2.45) is 0 Å². The number of aryl methyl sites for hydroxylation is 1. The van der Waals surface area contributed by atoms with Crippen LogP contribution in [0.2, 0.25) is 0 Å². The molecule has 1 saturated heterocycles. The fourth-order valence-electron chi connectivity index (χ4n) is 3.60. The molecule has 28 heavy (non-hydrogen) atoms.